The van der Waals surface area contributed by atoms with Crippen LogP contribution in [0.5, 0.6) is 0 Å². The third kappa shape index (κ3) is 2.25. The molecular formula is C13H21N3. The highest BCUT2D eigenvalue weighted by Crippen LogP contribution is 2.34. The molecule has 1 N–H and O–H groups in total. The lowest BCUT2D eigenvalue weighted by Gasteiger charge is -2.24. The molecule has 1 saturated heterocycles. The Morgan fingerprint density at radius 1 is 1.50 bits per heavy atom. The molecule has 0 bridgehead atoms. The van der Waals surface area contributed by atoms with Gasteiger partial charge in [-0.15, -0.1) is 0 Å². The molecule has 1 aliphatic heterocycles. The molecule has 1 aromatic heterocycles. The molecular weight excluding hydrogens is 198 g/mol. The Balaban J connectivity index is 2.19. The van der Waals surface area contributed by atoms with E-state index < -0.39 is 0 Å². The molecule has 16 heavy (non-hydrogen) atoms. The van der Waals surface area contributed by atoms with Gasteiger partial charge >= 0.3 is 0 Å². The number of likely N-dealkylation sites (tertiary alicyclic amines) is 1. The average Bonchev–Trinajstić information content (AvgIpc) is 2.62. The molecule has 0 aromatic carbocycles. The van der Waals surface area contributed by atoms with Gasteiger partial charge in [0.15, 0.2) is 0 Å². The van der Waals surface area contributed by atoms with Crippen molar-refractivity contribution in [1.82, 2.24) is 15.2 Å². The maximum Gasteiger partial charge on any atom is 0.0578 e. The van der Waals surface area contributed by atoms with E-state index in [9.17, 15) is 0 Å². The van der Waals surface area contributed by atoms with Gasteiger partial charge in [0.25, 0.3) is 0 Å². The average molecular weight is 219 g/mol. The van der Waals surface area contributed by atoms with Crippen molar-refractivity contribution in [1.29, 1.82) is 0 Å². The number of nitrogens with one attached hydrogen (secondary N) is 1. The molecule has 0 saturated carbocycles. The summed E-state index contributed by atoms with van der Waals surface area (Å²) in [6, 6.07) is 4.81. The molecule has 2 rings (SSSR count). The largest absolute Gasteiger partial charge is 0.319 e. The second-order valence-corrected chi connectivity index (χ2v) is 4.79. The van der Waals surface area contributed by atoms with E-state index in [2.05, 4.69) is 41.3 Å². The molecule has 2 heterocycles. The molecule has 2 unspecified atom stereocenters. The van der Waals surface area contributed by atoms with Gasteiger partial charge in [-0.1, -0.05) is 6.07 Å². The first kappa shape index (κ1) is 11.6. The Hall–Kier alpha value is -0.930. The van der Waals surface area contributed by atoms with Crippen LogP contribution in [0.3, 0.4) is 0 Å². The number of hydrogen-bond acceptors (Lipinski definition) is 3. The monoisotopic (exact) mass is 219 g/mol. The van der Waals surface area contributed by atoms with Crippen molar-refractivity contribution in [3.63, 3.8) is 0 Å². The van der Waals surface area contributed by atoms with E-state index in [0.29, 0.717) is 12.0 Å². The van der Waals surface area contributed by atoms with Crippen molar-refractivity contribution in [3.8, 4) is 0 Å². The molecule has 1 fully saturated rings. The van der Waals surface area contributed by atoms with Crippen molar-refractivity contribution in [2.75, 3.05) is 27.2 Å². The van der Waals surface area contributed by atoms with Crippen LogP contribution in [0.25, 0.3) is 0 Å². The van der Waals surface area contributed by atoms with E-state index in [4.69, 9.17) is 0 Å². The summed E-state index contributed by atoms with van der Waals surface area (Å²) in [6.07, 6.45) is 3.23. The van der Waals surface area contributed by atoms with E-state index in [1.54, 1.807) is 0 Å². The first-order chi connectivity index (χ1) is 7.72. The molecule has 0 aliphatic carbocycles. The lowest BCUT2D eigenvalue weighted by atomic mass is 9.97. The number of aromatic nitrogens is 1. The predicted molar refractivity (Wildman–Crippen MR) is 66.4 cm³/mol. The van der Waals surface area contributed by atoms with E-state index >= 15 is 0 Å². The van der Waals surface area contributed by atoms with Crippen molar-refractivity contribution in [2.45, 2.75) is 19.4 Å². The Morgan fingerprint density at radius 2 is 2.31 bits per heavy atom. The summed E-state index contributed by atoms with van der Waals surface area (Å²) in [5.41, 5.74) is 2.44. The zero-order valence-electron chi connectivity index (χ0n) is 10.4. The standard InChI is InChI=1S/C13H21N3/c1-10-4-5-12(15-8-10)13-11(9-14-2)6-7-16(13)3/h4-5,8,11,13-14H,6-7,9H2,1-3H3. The predicted octanol–water partition coefficient (Wildman–Crippen LogP) is 1.60. The Labute approximate surface area is 97.9 Å². The highest BCUT2D eigenvalue weighted by molar-refractivity contribution is 5.17. The summed E-state index contributed by atoms with van der Waals surface area (Å²) >= 11 is 0. The highest BCUT2D eigenvalue weighted by Gasteiger charge is 2.33. The number of nitrogens with zero attached hydrogens (tertiary/aromatic N) is 2. The SMILES string of the molecule is CNCC1CCN(C)C1c1ccc(C)cn1. The van der Waals surface area contributed by atoms with Gasteiger partial charge in [0.2, 0.25) is 0 Å². The van der Waals surface area contributed by atoms with E-state index in [0.717, 1.165) is 6.54 Å². The topological polar surface area (TPSA) is 28.2 Å². The van der Waals surface area contributed by atoms with Crippen molar-refractivity contribution in [3.05, 3.63) is 29.6 Å². The van der Waals surface area contributed by atoms with Gasteiger partial charge < -0.3 is 5.32 Å². The van der Waals surface area contributed by atoms with Crippen LogP contribution in [0.4, 0.5) is 0 Å². The molecule has 3 nitrogen and oxygen atoms in total. The van der Waals surface area contributed by atoms with Crippen LogP contribution < -0.4 is 5.32 Å². The summed E-state index contributed by atoms with van der Waals surface area (Å²) < 4.78 is 0. The lowest BCUT2D eigenvalue weighted by Crippen LogP contribution is -2.27. The fraction of sp³-hybridized carbons (Fsp3) is 0.615. The maximum absolute atomic E-state index is 4.57. The molecule has 0 amide bonds. The van der Waals surface area contributed by atoms with Crippen molar-refractivity contribution >= 4 is 0 Å². The van der Waals surface area contributed by atoms with E-state index in [-0.39, 0.29) is 0 Å². The Kier molecular flexibility index (Phi) is 3.56. The number of rotatable bonds is 3. The smallest absolute Gasteiger partial charge is 0.0578 e. The van der Waals surface area contributed by atoms with Gasteiger partial charge in [-0.05, 0) is 58.1 Å². The summed E-state index contributed by atoms with van der Waals surface area (Å²) in [5.74, 6) is 0.685. The third-order valence-corrected chi connectivity index (χ3v) is 3.48. The molecule has 2 atom stereocenters. The molecule has 1 aliphatic rings. The van der Waals surface area contributed by atoms with Crippen LogP contribution in [0.2, 0.25) is 0 Å². The van der Waals surface area contributed by atoms with Crippen molar-refractivity contribution in [2.24, 2.45) is 5.92 Å². The second kappa shape index (κ2) is 4.93. The van der Waals surface area contributed by atoms with E-state index in [1.807, 2.05) is 13.2 Å². The van der Waals surface area contributed by atoms with Crippen LogP contribution in [0.1, 0.15) is 23.7 Å². The van der Waals surface area contributed by atoms with Gasteiger partial charge in [0.05, 0.1) is 11.7 Å². The van der Waals surface area contributed by atoms with Crippen molar-refractivity contribution < 1.29 is 0 Å². The first-order valence-electron chi connectivity index (χ1n) is 5.99. The molecule has 0 radical (unpaired) electrons. The minimum atomic E-state index is 0.480. The first-order valence-corrected chi connectivity index (χ1v) is 5.99. The molecule has 3 heteroatoms. The van der Waals surface area contributed by atoms with Crippen LogP contribution in [0.15, 0.2) is 18.3 Å². The van der Waals surface area contributed by atoms with E-state index in [1.165, 1.54) is 24.2 Å². The zero-order chi connectivity index (χ0) is 11.5. The molecule has 88 valence electrons. The minimum absolute atomic E-state index is 0.480. The maximum atomic E-state index is 4.57. The fourth-order valence-electron chi connectivity index (χ4n) is 2.62. The fourth-order valence-corrected chi connectivity index (χ4v) is 2.62. The van der Waals surface area contributed by atoms with Crippen LogP contribution in [-0.4, -0.2) is 37.1 Å². The summed E-state index contributed by atoms with van der Waals surface area (Å²) in [4.78, 5) is 6.99. The van der Waals surface area contributed by atoms with Crippen LogP contribution in [-0.2, 0) is 0 Å². The normalized spacial score (nSPS) is 26.2. The summed E-state index contributed by atoms with van der Waals surface area (Å²) in [7, 11) is 4.22. The van der Waals surface area contributed by atoms with Gasteiger partial charge in [0.1, 0.15) is 0 Å². The Morgan fingerprint density at radius 3 is 2.94 bits per heavy atom. The van der Waals surface area contributed by atoms with Gasteiger partial charge in [-0.2, -0.15) is 0 Å². The highest BCUT2D eigenvalue weighted by atomic mass is 15.2. The summed E-state index contributed by atoms with van der Waals surface area (Å²) in [6.45, 7) is 4.33. The quantitative estimate of drug-likeness (QED) is 0.837. The zero-order valence-corrected chi connectivity index (χ0v) is 10.4. The van der Waals surface area contributed by atoms with Gasteiger partial charge in [0, 0.05) is 6.20 Å². The third-order valence-electron chi connectivity index (χ3n) is 3.48. The second-order valence-electron chi connectivity index (χ2n) is 4.79. The number of hydrogen-bond donors (Lipinski definition) is 1. The van der Waals surface area contributed by atoms with Crippen LogP contribution in [0, 0.1) is 12.8 Å². The number of aryl methyl sites for hydroxylation is 1. The number of pyridine rings is 1. The van der Waals surface area contributed by atoms with Gasteiger partial charge in [-0.3, -0.25) is 9.88 Å². The lowest BCUT2D eigenvalue weighted by molar-refractivity contribution is 0.268. The Bertz CT molecular complexity index is 332. The molecule has 0 spiro atoms. The molecule has 1 aromatic rings. The summed E-state index contributed by atoms with van der Waals surface area (Å²) in [5, 5.41) is 3.29. The van der Waals surface area contributed by atoms with Gasteiger partial charge in [-0.25, -0.2) is 0 Å². The minimum Gasteiger partial charge on any atom is -0.319 e. The van der Waals surface area contributed by atoms with Crippen LogP contribution >= 0.6 is 0 Å².